The molecule has 0 saturated carbocycles. The molecule has 0 spiro atoms. The van der Waals surface area contributed by atoms with Crippen molar-refractivity contribution in [3.05, 3.63) is 98.9 Å². The van der Waals surface area contributed by atoms with E-state index in [9.17, 15) is 9.59 Å². The Labute approximate surface area is 177 Å². The van der Waals surface area contributed by atoms with Crippen LogP contribution < -0.4 is 16.0 Å². The minimum atomic E-state index is -0.499. The van der Waals surface area contributed by atoms with Crippen LogP contribution in [-0.4, -0.2) is 25.8 Å². The number of hydrogen-bond acceptors (Lipinski definition) is 4. The molecule has 8 heteroatoms. The summed E-state index contributed by atoms with van der Waals surface area (Å²) in [5.74, 6) is 0.719. The van der Waals surface area contributed by atoms with Crippen molar-refractivity contribution < 1.29 is 4.74 Å². The molecule has 0 aliphatic heterocycles. The number of fused-ring (bicyclic) bond motifs is 1. The minimum Gasteiger partial charge on any atom is -0.497 e. The van der Waals surface area contributed by atoms with Gasteiger partial charge in [-0.25, -0.2) is 14.3 Å². The molecule has 4 aromatic rings. The van der Waals surface area contributed by atoms with E-state index in [0.29, 0.717) is 22.8 Å². The highest BCUT2D eigenvalue weighted by atomic mass is 35.5. The monoisotopic (exact) mass is 422 g/mol. The summed E-state index contributed by atoms with van der Waals surface area (Å²) < 4.78 is 9.55. The molecular weight excluding hydrogens is 404 g/mol. The predicted molar refractivity (Wildman–Crippen MR) is 117 cm³/mol. The maximum Gasteiger partial charge on any atom is 0.337 e. The fourth-order valence-corrected chi connectivity index (χ4v) is 3.59. The Bertz CT molecular complexity index is 1370. The van der Waals surface area contributed by atoms with Gasteiger partial charge in [0.15, 0.2) is 11.2 Å². The van der Waals surface area contributed by atoms with Gasteiger partial charge in [0.25, 0.3) is 5.56 Å². The van der Waals surface area contributed by atoms with Gasteiger partial charge in [0.05, 0.1) is 19.1 Å². The van der Waals surface area contributed by atoms with Gasteiger partial charge >= 0.3 is 5.69 Å². The molecule has 0 aliphatic carbocycles. The van der Waals surface area contributed by atoms with Crippen LogP contribution in [0.4, 0.5) is 0 Å². The van der Waals surface area contributed by atoms with E-state index in [0.717, 1.165) is 15.9 Å². The summed E-state index contributed by atoms with van der Waals surface area (Å²) in [4.78, 5) is 30.7. The number of benzene rings is 2. The van der Waals surface area contributed by atoms with Crippen molar-refractivity contribution >= 4 is 22.8 Å². The molecule has 152 valence electrons. The van der Waals surface area contributed by atoms with E-state index < -0.39 is 11.2 Å². The van der Waals surface area contributed by atoms with Gasteiger partial charge in [-0.2, -0.15) is 0 Å². The molecule has 0 bridgehead atoms. The van der Waals surface area contributed by atoms with Crippen LogP contribution in [0.1, 0.15) is 5.56 Å². The van der Waals surface area contributed by atoms with Crippen molar-refractivity contribution in [3.8, 4) is 11.4 Å². The van der Waals surface area contributed by atoms with E-state index >= 15 is 0 Å². The van der Waals surface area contributed by atoms with Crippen molar-refractivity contribution in [2.45, 2.75) is 13.1 Å². The number of imidazole rings is 1. The normalized spacial score (nSPS) is 11.0. The van der Waals surface area contributed by atoms with E-state index in [2.05, 4.69) is 11.6 Å². The van der Waals surface area contributed by atoms with Gasteiger partial charge < -0.3 is 9.30 Å². The van der Waals surface area contributed by atoms with Crippen LogP contribution >= 0.6 is 11.6 Å². The summed E-state index contributed by atoms with van der Waals surface area (Å²) in [7, 11) is 1.60. The molecular formula is C22H19ClN4O3. The summed E-state index contributed by atoms with van der Waals surface area (Å²) >= 11 is 6.13. The fraction of sp³-hybridized carbons (Fsp3) is 0.136. The van der Waals surface area contributed by atoms with Gasteiger partial charge in [0.2, 0.25) is 0 Å². The molecule has 0 unspecified atom stereocenters. The van der Waals surface area contributed by atoms with E-state index in [4.69, 9.17) is 16.3 Å². The van der Waals surface area contributed by atoms with Gasteiger partial charge in [0.1, 0.15) is 5.75 Å². The van der Waals surface area contributed by atoms with E-state index in [1.165, 1.54) is 10.6 Å². The number of ether oxygens (including phenoxy) is 1. The largest absolute Gasteiger partial charge is 0.497 e. The zero-order chi connectivity index (χ0) is 21.3. The quantitative estimate of drug-likeness (QED) is 0.447. The predicted octanol–water partition coefficient (Wildman–Crippen LogP) is 3.25. The second-order valence-electron chi connectivity index (χ2n) is 6.70. The molecule has 0 aliphatic rings. The van der Waals surface area contributed by atoms with Crippen LogP contribution in [0.25, 0.3) is 16.9 Å². The summed E-state index contributed by atoms with van der Waals surface area (Å²) in [6.45, 7) is 4.14. The second kappa shape index (κ2) is 8.04. The number of hydrogen-bond donors (Lipinski definition) is 0. The Morgan fingerprint density at radius 3 is 2.70 bits per heavy atom. The van der Waals surface area contributed by atoms with Crippen LogP contribution in [0.2, 0.25) is 5.02 Å². The Balaban J connectivity index is 1.98. The SMILES string of the molecule is C=CCn1c(=O)c2c(ncn2Cc2cccc(OC)c2)n(-c2cccc(Cl)c2)c1=O. The molecule has 30 heavy (non-hydrogen) atoms. The molecule has 2 aromatic heterocycles. The van der Waals surface area contributed by atoms with Crippen LogP contribution in [-0.2, 0) is 13.1 Å². The lowest BCUT2D eigenvalue weighted by Crippen LogP contribution is -2.39. The highest BCUT2D eigenvalue weighted by Gasteiger charge is 2.19. The summed E-state index contributed by atoms with van der Waals surface area (Å²) in [5.41, 5.74) is 1.13. The van der Waals surface area contributed by atoms with Gasteiger partial charge in [-0.15, -0.1) is 6.58 Å². The second-order valence-corrected chi connectivity index (χ2v) is 7.13. The molecule has 0 fully saturated rings. The molecule has 0 radical (unpaired) electrons. The van der Waals surface area contributed by atoms with Crippen molar-refractivity contribution in [3.63, 3.8) is 0 Å². The van der Waals surface area contributed by atoms with Gasteiger partial charge in [0, 0.05) is 18.1 Å². The first-order valence-corrected chi connectivity index (χ1v) is 9.61. The van der Waals surface area contributed by atoms with Crippen LogP contribution in [0.3, 0.4) is 0 Å². The third-order valence-electron chi connectivity index (χ3n) is 4.77. The average molecular weight is 423 g/mol. The fourth-order valence-electron chi connectivity index (χ4n) is 3.41. The highest BCUT2D eigenvalue weighted by molar-refractivity contribution is 6.30. The Morgan fingerprint density at radius 1 is 1.17 bits per heavy atom. The molecule has 0 atom stereocenters. The minimum absolute atomic E-state index is 0.0819. The molecule has 0 amide bonds. The highest BCUT2D eigenvalue weighted by Crippen LogP contribution is 2.19. The van der Waals surface area contributed by atoms with Crippen molar-refractivity contribution in [1.29, 1.82) is 0 Å². The smallest absolute Gasteiger partial charge is 0.337 e. The summed E-state index contributed by atoms with van der Waals surface area (Å²) in [6, 6.07) is 14.4. The van der Waals surface area contributed by atoms with E-state index in [1.807, 2.05) is 24.3 Å². The number of methoxy groups -OCH3 is 1. The average Bonchev–Trinajstić information content (AvgIpc) is 3.14. The molecule has 4 rings (SSSR count). The van der Waals surface area contributed by atoms with Gasteiger partial charge in [-0.1, -0.05) is 35.9 Å². The lowest BCUT2D eigenvalue weighted by molar-refractivity contribution is 0.414. The van der Waals surface area contributed by atoms with Crippen molar-refractivity contribution in [2.24, 2.45) is 0 Å². The summed E-state index contributed by atoms with van der Waals surface area (Å²) in [5, 5.41) is 0.477. The first kappa shape index (κ1) is 19.7. The number of aromatic nitrogens is 4. The molecule has 0 saturated heterocycles. The van der Waals surface area contributed by atoms with E-state index in [-0.39, 0.29) is 12.2 Å². The molecule has 2 heterocycles. The van der Waals surface area contributed by atoms with Crippen LogP contribution in [0.5, 0.6) is 5.75 Å². The zero-order valence-corrected chi connectivity index (χ0v) is 17.0. The maximum atomic E-state index is 13.2. The lowest BCUT2D eigenvalue weighted by atomic mass is 10.2. The van der Waals surface area contributed by atoms with Crippen molar-refractivity contribution in [1.82, 2.24) is 18.7 Å². The standard InChI is InChI=1S/C22H19ClN4O3/c1-3-10-26-21(28)19-20(27(22(26)29)17-8-5-7-16(23)12-17)24-14-25(19)13-15-6-4-9-18(11-15)30-2/h3-9,11-12,14H,1,10,13H2,2H3. The topological polar surface area (TPSA) is 71.0 Å². The molecule has 2 aromatic carbocycles. The Kier molecular flexibility index (Phi) is 5.29. The first-order valence-electron chi connectivity index (χ1n) is 9.24. The van der Waals surface area contributed by atoms with Gasteiger partial charge in [-0.3, -0.25) is 9.36 Å². The Morgan fingerprint density at radius 2 is 1.97 bits per heavy atom. The third kappa shape index (κ3) is 3.44. The number of rotatable bonds is 6. The number of halogens is 1. The van der Waals surface area contributed by atoms with Crippen LogP contribution in [0, 0.1) is 0 Å². The number of allylic oxidation sites excluding steroid dienone is 1. The molecule has 7 nitrogen and oxygen atoms in total. The van der Waals surface area contributed by atoms with Gasteiger partial charge in [-0.05, 0) is 35.9 Å². The van der Waals surface area contributed by atoms with E-state index in [1.54, 1.807) is 42.3 Å². The van der Waals surface area contributed by atoms with Crippen LogP contribution in [0.15, 0.2) is 77.1 Å². The Hall–Kier alpha value is -3.58. The summed E-state index contributed by atoms with van der Waals surface area (Å²) in [6.07, 6.45) is 3.07. The maximum absolute atomic E-state index is 13.2. The molecule has 0 N–H and O–H groups in total. The zero-order valence-electron chi connectivity index (χ0n) is 16.3. The van der Waals surface area contributed by atoms with Crippen molar-refractivity contribution in [2.75, 3.05) is 7.11 Å². The third-order valence-corrected chi connectivity index (χ3v) is 5.00. The number of nitrogens with zero attached hydrogens (tertiary/aromatic N) is 4. The lowest BCUT2D eigenvalue weighted by Gasteiger charge is -2.12. The first-order chi connectivity index (χ1) is 14.5.